The Morgan fingerprint density at radius 2 is 2.18 bits per heavy atom. The van der Waals surface area contributed by atoms with E-state index in [1.165, 1.54) is 11.1 Å². The molecule has 1 aliphatic carbocycles. The number of carbonyl (C=O) groups excluding carboxylic acids is 1. The molecule has 17 heavy (non-hydrogen) atoms. The molecule has 3 nitrogen and oxygen atoms in total. The van der Waals surface area contributed by atoms with E-state index in [0.29, 0.717) is 32.2 Å². The highest BCUT2D eigenvalue weighted by molar-refractivity contribution is 5.84. The predicted octanol–water partition coefficient (Wildman–Crippen LogP) is 1.70. The van der Waals surface area contributed by atoms with Gasteiger partial charge in [0.15, 0.2) is 5.78 Å². The van der Waals surface area contributed by atoms with Gasteiger partial charge in [0.2, 0.25) is 0 Å². The third-order valence-electron chi connectivity index (χ3n) is 3.58. The minimum atomic E-state index is -0.337. The molecule has 0 amide bonds. The van der Waals surface area contributed by atoms with Gasteiger partial charge < -0.3 is 9.47 Å². The Balaban J connectivity index is 1.60. The van der Waals surface area contributed by atoms with Crippen LogP contribution in [0.25, 0.3) is 0 Å². The molecule has 3 rings (SSSR count). The molecule has 1 heterocycles. The summed E-state index contributed by atoms with van der Waals surface area (Å²) >= 11 is 0. The average molecular weight is 232 g/mol. The fourth-order valence-electron chi connectivity index (χ4n) is 2.59. The lowest BCUT2D eigenvalue weighted by Gasteiger charge is -2.31. The van der Waals surface area contributed by atoms with Crippen LogP contribution in [0.15, 0.2) is 24.3 Å². The molecule has 2 atom stereocenters. The van der Waals surface area contributed by atoms with Crippen LogP contribution in [0.2, 0.25) is 0 Å². The van der Waals surface area contributed by atoms with E-state index in [-0.39, 0.29) is 11.9 Å². The number of ether oxygens (including phenoxy) is 2. The SMILES string of the molecule is O=C(CC1Cc2ccccc21)C1COCCO1. The lowest BCUT2D eigenvalue weighted by Crippen LogP contribution is -2.37. The Morgan fingerprint density at radius 3 is 2.94 bits per heavy atom. The van der Waals surface area contributed by atoms with Crippen LogP contribution in [0.1, 0.15) is 23.5 Å². The van der Waals surface area contributed by atoms with E-state index in [0.717, 1.165) is 6.42 Å². The Morgan fingerprint density at radius 1 is 1.29 bits per heavy atom. The molecular weight excluding hydrogens is 216 g/mol. The Labute approximate surface area is 101 Å². The van der Waals surface area contributed by atoms with Crippen LogP contribution in [0.4, 0.5) is 0 Å². The van der Waals surface area contributed by atoms with Crippen LogP contribution >= 0.6 is 0 Å². The number of benzene rings is 1. The van der Waals surface area contributed by atoms with Crippen molar-refractivity contribution in [1.82, 2.24) is 0 Å². The summed E-state index contributed by atoms with van der Waals surface area (Å²) in [5.74, 6) is 0.577. The molecule has 90 valence electrons. The van der Waals surface area contributed by atoms with Crippen molar-refractivity contribution in [2.24, 2.45) is 0 Å². The average Bonchev–Trinajstić information content (AvgIpc) is 2.37. The van der Waals surface area contributed by atoms with Crippen molar-refractivity contribution in [2.75, 3.05) is 19.8 Å². The maximum atomic E-state index is 12.0. The smallest absolute Gasteiger partial charge is 0.164 e. The fraction of sp³-hybridized carbons (Fsp3) is 0.500. The summed E-state index contributed by atoms with van der Waals surface area (Å²) in [5.41, 5.74) is 2.71. The first-order valence-electron chi connectivity index (χ1n) is 6.14. The zero-order valence-corrected chi connectivity index (χ0v) is 9.72. The van der Waals surface area contributed by atoms with E-state index in [2.05, 4.69) is 18.2 Å². The molecule has 1 aromatic rings. The second-order valence-corrected chi connectivity index (χ2v) is 4.70. The molecule has 1 fully saturated rings. The third-order valence-corrected chi connectivity index (χ3v) is 3.58. The number of Topliss-reactive ketones (excluding diaryl/α,β-unsaturated/α-hetero) is 1. The molecule has 0 spiro atoms. The minimum Gasteiger partial charge on any atom is -0.376 e. The van der Waals surface area contributed by atoms with Crippen LogP contribution in [-0.2, 0) is 20.7 Å². The Kier molecular flexibility index (Phi) is 2.95. The van der Waals surface area contributed by atoms with Gasteiger partial charge >= 0.3 is 0 Å². The van der Waals surface area contributed by atoms with Crippen LogP contribution in [0, 0.1) is 0 Å². The number of ketones is 1. The summed E-state index contributed by atoms with van der Waals surface area (Å²) in [6.07, 6.45) is 1.28. The Hall–Kier alpha value is -1.19. The summed E-state index contributed by atoms with van der Waals surface area (Å²) in [6, 6.07) is 8.34. The zero-order chi connectivity index (χ0) is 11.7. The standard InChI is InChI=1S/C14H16O3/c15-13(14-9-16-5-6-17-14)8-11-7-10-3-1-2-4-12(10)11/h1-4,11,14H,5-9H2. The largest absolute Gasteiger partial charge is 0.376 e. The van der Waals surface area contributed by atoms with Crippen molar-refractivity contribution in [3.8, 4) is 0 Å². The van der Waals surface area contributed by atoms with Crippen LogP contribution in [0.3, 0.4) is 0 Å². The second-order valence-electron chi connectivity index (χ2n) is 4.70. The van der Waals surface area contributed by atoms with Gasteiger partial charge in [0.1, 0.15) is 6.10 Å². The summed E-state index contributed by atoms with van der Waals surface area (Å²) in [7, 11) is 0. The van der Waals surface area contributed by atoms with E-state index in [9.17, 15) is 4.79 Å². The highest BCUT2D eigenvalue weighted by atomic mass is 16.6. The van der Waals surface area contributed by atoms with Crippen molar-refractivity contribution < 1.29 is 14.3 Å². The van der Waals surface area contributed by atoms with E-state index in [1.54, 1.807) is 0 Å². The molecule has 3 heteroatoms. The molecule has 0 radical (unpaired) electrons. The second kappa shape index (κ2) is 4.59. The number of carbonyl (C=O) groups is 1. The number of fused-ring (bicyclic) bond motifs is 1. The quantitative estimate of drug-likeness (QED) is 0.795. The number of hydrogen-bond acceptors (Lipinski definition) is 3. The molecule has 0 saturated carbocycles. The van der Waals surface area contributed by atoms with Crippen molar-refractivity contribution >= 4 is 5.78 Å². The summed E-state index contributed by atoms with van der Waals surface area (Å²) < 4.78 is 10.7. The number of rotatable bonds is 3. The summed E-state index contributed by atoms with van der Waals surface area (Å²) in [4.78, 5) is 12.0. The maximum absolute atomic E-state index is 12.0. The van der Waals surface area contributed by atoms with E-state index < -0.39 is 0 Å². The first-order valence-corrected chi connectivity index (χ1v) is 6.14. The van der Waals surface area contributed by atoms with Gasteiger partial charge in [-0.15, -0.1) is 0 Å². The minimum absolute atomic E-state index is 0.184. The summed E-state index contributed by atoms with van der Waals surface area (Å²) in [6.45, 7) is 1.57. The normalized spacial score (nSPS) is 27.1. The van der Waals surface area contributed by atoms with Crippen LogP contribution in [-0.4, -0.2) is 31.7 Å². The van der Waals surface area contributed by atoms with Gasteiger partial charge in [-0.2, -0.15) is 0 Å². The lowest BCUT2D eigenvalue weighted by molar-refractivity contribution is -0.145. The van der Waals surface area contributed by atoms with Gasteiger partial charge in [0, 0.05) is 6.42 Å². The lowest BCUT2D eigenvalue weighted by atomic mass is 9.75. The maximum Gasteiger partial charge on any atom is 0.164 e. The first-order chi connectivity index (χ1) is 8.34. The van der Waals surface area contributed by atoms with Gasteiger partial charge in [0.25, 0.3) is 0 Å². The van der Waals surface area contributed by atoms with Crippen LogP contribution < -0.4 is 0 Å². The van der Waals surface area contributed by atoms with Gasteiger partial charge in [-0.1, -0.05) is 24.3 Å². The van der Waals surface area contributed by atoms with Crippen molar-refractivity contribution in [1.29, 1.82) is 0 Å². The molecule has 2 unspecified atom stereocenters. The molecule has 1 aromatic carbocycles. The molecule has 1 aliphatic heterocycles. The highest BCUT2D eigenvalue weighted by Crippen LogP contribution is 2.37. The molecule has 0 bridgehead atoms. The third kappa shape index (κ3) is 2.13. The summed E-state index contributed by atoms with van der Waals surface area (Å²) in [5, 5.41) is 0. The molecular formula is C14H16O3. The molecule has 2 aliphatic rings. The highest BCUT2D eigenvalue weighted by Gasteiger charge is 2.31. The van der Waals surface area contributed by atoms with Crippen molar-refractivity contribution in [3.63, 3.8) is 0 Å². The van der Waals surface area contributed by atoms with Gasteiger partial charge in [0.05, 0.1) is 19.8 Å². The topological polar surface area (TPSA) is 35.5 Å². The van der Waals surface area contributed by atoms with E-state index in [1.807, 2.05) is 6.07 Å². The molecule has 0 N–H and O–H groups in total. The van der Waals surface area contributed by atoms with Gasteiger partial charge in [-0.25, -0.2) is 0 Å². The van der Waals surface area contributed by atoms with Gasteiger partial charge in [-0.05, 0) is 23.5 Å². The zero-order valence-electron chi connectivity index (χ0n) is 9.72. The first kappa shape index (κ1) is 10.9. The van der Waals surface area contributed by atoms with E-state index >= 15 is 0 Å². The van der Waals surface area contributed by atoms with E-state index in [4.69, 9.17) is 9.47 Å². The molecule has 0 aromatic heterocycles. The Bertz CT molecular complexity index is 421. The van der Waals surface area contributed by atoms with Crippen LogP contribution in [0.5, 0.6) is 0 Å². The monoisotopic (exact) mass is 232 g/mol. The van der Waals surface area contributed by atoms with Crippen molar-refractivity contribution in [2.45, 2.75) is 24.9 Å². The van der Waals surface area contributed by atoms with Gasteiger partial charge in [-0.3, -0.25) is 4.79 Å². The van der Waals surface area contributed by atoms with Crippen molar-refractivity contribution in [3.05, 3.63) is 35.4 Å². The fourth-order valence-corrected chi connectivity index (χ4v) is 2.59. The molecule has 1 saturated heterocycles. The number of hydrogen-bond donors (Lipinski definition) is 0. The predicted molar refractivity (Wildman–Crippen MR) is 63.1 cm³/mol.